The van der Waals surface area contributed by atoms with Gasteiger partial charge in [0.15, 0.2) is 18.0 Å². The molecule has 0 amide bonds. The molecular formula is C31H35N6O10P. The fraction of sp³-hybridized carbons (Fsp3) is 0.484. The highest BCUT2D eigenvalue weighted by molar-refractivity contribution is 7.52. The summed E-state index contributed by atoms with van der Waals surface area (Å²) < 4.78 is 51.5. The topological polar surface area (TPSA) is 216 Å². The Balaban J connectivity index is 1.40. The van der Waals surface area contributed by atoms with E-state index < -0.39 is 61.2 Å². The van der Waals surface area contributed by atoms with E-state index in [2.05, 4.69) is 15.2 Å². The number of anilines is 1. The molecule has 1 aliphatic heterocycles. The number of esters is 3. The largest absolute Gasteiger partial charge is 0.461 e. The molecule has 0 bridgehead atoms. The number of hydrogen-bond donors (Lipinski definition) is 2. The summed E-state index contributed by atoms with van der Waals surface area (Å²) in [6.45, 7) is 4.52. The molecule has 3 N–H and O–H groups in total. The van der Waals surface area contributed by atoms with Crippen LogP contribution in [0.3, 0.4) is 0 Å². The van der Waals surface area contributed by atoms with Crippen LogP contribution < -0.4 is 15.3 Å². The maximum atomic E-state index is 14.6. The summed E-state index contributed by atoms with van der Waals surface area (Å²) in [5, 5.41) is 17.5. The van der Waals surface area contributed by atoms with Crippen LogP contribution in [0.5, 0.6) is 5.75 Å². The molecule has 254 valence electrons. The second kappa shape index (κ2) is 12.8. The monoisotopic (exact) mass is 682 g/mol. The number of nitriles is 1. The van der Waals surface area contributed by atoms with Gasteiger partial charge < -0.3 is 29.2 Å². The maximum Gasteiger partial charge on any atom is 0.460 e. The number of nitrogens with zero attached hydrogens (tertiary/aromatic N) is 4. The van der Waals surface area contributed by atoms with Crippen molar-refractivity contribution in [3.05, 3.63) is 54.5 Å². The van der Waals surface area contributed by atoms with E-state index in [1.165, 1.54) is 36.8 Å². The summed E-state index contributed by atoms with van der Waals surface area (Å²) in [6, 6.07) is 12.1. The summed E-state index contributed by atoms with van der Waals surface area (Å²) >= 11 is 0. The third-order valence-electron chi connectivity index (χ3n) is 8.61. The van der Waals surface area contributed by atoms with Gasteiger partial charge in [0.25, 0.3) is 0 Å². The van der Waals surface area contributed by atoms with Crippen molar-refractivity contribution < 1.29 is 46.9 Å². The first kappa shape index (κ1) is 33.4. The molecule has 6 rings (SSSR count). The number of rotatable bonds is 13. The van der Waals surface area contributed by atoms with Gasteiger partial charge in [0.1, 0.15) is 41.9 Å². The first-order valence-corrected chi connectivity index (χ1v) is 17.1. The van der Waals surface area contributed by atoms with Crippen LogP contribution in [0.4, 0.5) is 5.82 Å². The van der Waals surface area contributed by atoms with E-state index in [4.69, 9.17) is 33.7 Å². The van der Waals surface area contributed by atoms with Crippen LogP contribution in [-0.2, 0) is 42.4 Å². The molecule has 7 atom stereocenters. The number of nitrogen functional groups attached to an aromatic ring is 1. The lowest BCUT2D eigenvalue weighted by Gasteiger charge is -2.30. The molecule has 3 heterocycles. The number of carbonyl (C=O) groups is 3. The van der Waals surface area contributed by atoms with Crippen LogP contribution in [0, 0.1) is 11.3 Å². The van der Waals surface area contributed by atoms with Crippen LogP contribution in [0.15, 0.2) is 48.8 Å². The molecule has 2 aliphatic carbocycles. The highest BCUT2D eigenvalue weighted by Gasteiger charge is 2.95. The molecule has 48 heavy (non-hydrogen) atoms. The maximum absolute atomic E-state index is 14.6. The van der Waals surface area contributed by atoms with Crippen LogP contribution in [0.25, 0.3) is 5.52 Å². The number of nitrogens with two attached hydrogens (primary N) is 1. The average Bonchev–Trinajstić information content (AvgIpc) is 3.30. The Morgan fingerprint density at radius 3 is 2.52 bits per heavy atom. The number of fused-ring (bicyclic) bond motifs is 2. The molecule has 3 aliphatic rings. The lowest BCUT2D eigenvalue weighted by molar-refractivity contribution is -0.177. The van der Waals surface area contributed by atoms with E-state index in [1.54, 1.807) is 37.3 Å². The number of para-hydroxylation sites is 1. The summed E-state index contributed by atoms with van der Waals surface area (Å²) in [5.41, 5.74) is 2.46. The van der Waals surface area contributed by atoms with Crippen molar-refractivity contribution in [2.45, 2.75) is 94.5 Å². The minimum absolute atomic E-state index is 0.0755. The van der Waals surface area contributed by atoms with Crippen LogP contribution in [-0.4, -0.2) is 68.1 Å². The summed E-state index contributed by atoms with van der Waals surface area (Å²) in [5.74, 6) is -1.91. The second-order valence-corrected chi connectivity index (χ2v) is 13.3. The van der Waals surface area contributed by atoms with Crippen LogP contribution >= 0.6 is 7.75 Å². The molecule has 0 radical (unpaired) electrons. The van der Waals surface area contributed by atoms with Crippen LogP contribution in [0.2, 0.25) is 0 Å². The van der Waals surface area contributed by atoms with Crippen molar-refractivity contribution in [3.8, 4) is 11.8 Å². The molecule has 3 fully saturated rings. The number of ether oxygens (including phenoxy) is 4. The molecule has 1 aromatic carbocycles. The molecule has 17 heteroatoms. The first-order chi connectivity index (χ1) is 23.0. The van der Waals surface area contributed by atoms with Gasteiger partial charge in [-0.1, -0.05) is 32.0 Å². The van der Waals surface area contributed by atoms with Crippen molar-refractivity contribution in [3.63, 3.8) is 0 Å². The SMILES string of the molecule is CCC(=O)O[C@H]1[C@H](c2ccc3c(N)ncnn23)O[C@]2(C#N)C(O[P@@](=O)(N[C@@H](C)C(=O)OC3CCC3)Oc3ccccc3)[C@]12OC(=O)CC. The number of aromatic nitrogens is 3. The standard InChI is InChI=1S/C31H35N6O10P/c1-4-23(38)43-26-25(21-14-15-22-27(33)34-17-35-37(21)22)45-30(16-32)29(31(26,30)44-24(39)5-2)47-48(41,46-20-10-7-6-8-11-20)36-18(3)28(40)42-19-12-9-13-19/h6-8,10-11,14-15,17-19,25-26,29H,4-5,9,12-13H2,1-3H3,(H,36,41)(H2,33,34,35)/t18-,25-,26-,29?,30+,31+,48+/m0/s1. The molecule has 1 saturated heterocycles. The van der Waals surface area contributed by atoms with Gasteiger partial charge in [-0.15, -0.1) is 0 Å². The van der Waals surface area contributed by atoms with E-state index in [-0.39, 0.29) is 30.5 Å². The molecule has 1 unspecified atom stereocenters. The Morgan fingerprint density at radius 2 is 1.88 bits per heavy atom. The van der Waals surface area contributed by atoms with E-state index in [1.807, 2.05) is 6.07 Å². The number of benzene rings is 1. The molecule has 3 aromatic rings. The van der Waals surface area contributed by atoms with Gasteiger partial charge in [-0.05, 0) is 50.5 Å². The lowest BCUT2D eigenvalue weighted by atomic mass is 9.96. The average molecular weight is 683 g/mol. The number of carbonyl (C=O) groups excluding carboxylic acids is 3. The van der Waals surface area contributed by atoms with Crippen LogP contribution in [0.1, 0.15) is 64.7 Å². The Morgan fingerprint density at radius 1 is 1.15 bits per heavy atom. The number of nitrogens with one attached hydrogen (secondary N) is 1. The van der Waals surface area contributed by atoms with Gasteiger partial charge in [0.05, 0.1) is 5.69 Å². The van der Waals surface area contributed by atoms with E-state index >= 15 is 0 Å². The van der Waals surface area contributed by atoms with E-state index in [0.717, 1.165) is 19.3 Å². The van der Waals surface area contributed by atoms with Crippen molar-refractivity contribution in [1.82, 2.24) is 19.7 Å². The first-order valence-electron chi connectivity index (χ1n) is 15.6. The summed E-state index contributed by atoms with van der Waals surface area (Å²) in [6.07, 6.45) is -1.23. The third-order valence-corrected chi connectivity index (χ3v) is 10.2. The molecular weight excluding hydrogens is 647 g/mol. The normalized spacial score (nSPS) is 27.8. The quantitative estimate of drug-likeness (QED) is 0.150. The van der Waals surface area contributed by atoms with E-state index in [0.29, 0.717) is 11.2 Å². The van der Waals surface area contributed by atoms with Gasteiger partial charge in [0.2, 0.25) is 11.2 Å². The second-order valence-electron chi connectivity index (χ2n) is 11.7. The van der Waals surface area contributed by atoms with Gasteiger partial charge in [-0.2, -0.15) is 15.4 Å². The summed E-state index contributed by atoms with van der Waals surface area (Å²) in [4.78, 5) is 42.8. The zero-order chi connectivity index (χ0) is 34.3. The molecule has 16 nitrogen and oxygen atoms in total. The molecule has 0 spiro atoms. The highest BCUT2D eigenvalue weighted by Crippen LogP contribution is 2.71. The van der Waals surface area contributed by atoms with Crippen molar-refractivity contribution in [2.24, 2.45) is 0 Å². The summed E-state index contributed by atoms with van der Waals surface area (Å²) in [7, 11) is -4.63. The minimum Gasteiger partial charge on any atom is -0.461 e. The zero-order valence-corrected chi connectivity index (χ0v) is 27.3. The van der Waals surface area contributed by atoms with Crippen molar-refractivity contribution in [2.75, 3.05) is 5.73 Å². The Kier molecular flexibility index (Phi) is 8.90. The fourth-order valence-corrected chi connectivity index (χ4v) is 7.56. The number of hydrogen-bond acceptors (Lipinski definition) is 14. The van der Waals surface area contributed by atoms with Gasteiger partial charge >= 0.3 is 25.7 Å². The zero-order valence-electron chi connectivity index (χ0n) is 26.4. The van der Waals surface area contributed by atoms with Gasteiger partial charge in [-0.25, -0.2) is 14.1 Å². The van der Waals surface area contributed by atoms with Gasteiger partial charge in [0, 0.05) is 12.8 Å². The smallest absolute Gasteiger partial charge is 0.460 e. The van der Waals surface area contributed by atoms with Crippen molar-refractivity contribution >= 4 is 37.0 Å². The molecule has 2 saturated carbocycles. The third kappa shape index (κ3) is 5.66. The minimum atomic E-state index is -4.63. The Bertz CT molecular complexity index is 1810. The highest BCUT2D eigenvalue weighted by atomic mass is 31.2. The Hall–Kier alpha value is -4.55. The fourth-order valence-electron chi connectivity index (χ4n) is 5.85. The predicted molar refractivity (Wildman–Crippen MR) is 165 cm³/mol. The van der Waals surface area contributed by atoms with Gasteiger partial charge in [-0.3, -0.25) is 18.9 Å². The Labute approximate surface area is 275 Å². The van der Waals surface area contributed by atoms with Crippen molar-refractivity contribution in [1.29, 1.82) is 5.26 Å². The molecule has 2 aromatic heterocycles. The lowest BCUT2D eigenvalue weighted by Crippen LogP contribution is -2.44. The predicted octanol–water partition coefficient (Wildman–Crippen LogP) is 3.32. The van der Waals surface area contributed by atoms with E-state index in [9.17, 15) is 24.2 Å².